The Morgan fingerprint density at radius 1 is 1.38 bits per heavy atom. The predicted octanol–water partition coefficient (Wildman–Crippen LogP) is 2.59. The molecule has 0 aliphatic heterocycles. The molecule has 0 saturated carbocycles. The maximum Gasteiger partial charge on any atom is 0.166 e. The zero-order chi connectivity index (χ0) is 12.0. The molecule has 0 radical (unpaired) electrons. The van der Waals surface area contributed by atoms with Crippen molar-refractivity contribution in [3.63, 3.8) is 0 Å². The van der Waals surface area contributed by atoms with E-state index < -0.39 is 0 Å². The summed E-state index contributed by atoms with van der Waals surface area (Å²) in [6.07, 6.45) is 1.03. The Hall–Kier alpha value is -1.16. The van der Waals surface area contributed by atoms with Crippen molar-refractivity contribution >= 4 is 17.3 Å². The molecule has 16 heavy (non-hydrogen) atoms. The van der Waals surface area contributed by atoms with Crippen LogP contribution in [0.5, 0.6) is 0 Å². The summed E-state index contributed by atoms with van der Waals surface area (Å²) in [6, 6.07) is 6.75. The smallest absolute Gasteiger partial charge is 0.166 e. The molecular formula is C12H17FN2S. The van der Waals surface area contributed by atoms with E-state index in [0.717, 1.165) is 12.0 Å². The fourth-order valence-electron chi connectivity index (χ4n) is 1.16. The second-order valence-corrected chi connectivity index (χ2v) is 4.17. The van der Waals surface area contributed by atoms with Crippen LogP contribution in [0.2, 0.25) is 0 Å². The quantitative estimate of drug-likeness (QED) is 0.791. The molecule has 1 aromatic carbocycles. The van der Waals surface area contributed by atoms with Gasteiger partial charge in [0.05, 0.1) is 0 Å². The van der Waals surface area contributed by atoms with E-state index in [1.807, 2.05) is 0 Å². The molecule has 0 aliphatic carbocycles. The van der Waals surface area contributed by atoms with Crippen LogP contribution < -0.4 is 10.6 Å². The largest absolute Gasteiger partial charge is 0.360 e. The summed E-state index contributed by atoms with van der Waals surface area (Å²) in [5, 5.41) is 6.88. The molecule has 88 valence electrons. The van der Waals surface area contributed by atoms with Gasteiger partial charge in [-0.05, 0) is 43.3 Å². The number of halogens is 1. The molecule has 1 unspecified atom stereocenters. The van der Waals surface area contributed by atoms with Crippen molar-refractivity contribution in [2.45, 2.75) is 32.9 Å². The van der Waals surface area contributed by atoms with E-state index >= 15 is 0 Å². The van der Waals surface area contributed by atoms with Crippen molar-refractivity contribution in [3.05, 3.63) is 35.6 Å². The summed E-state index contributed by atoms with van der Waals surface area (Å²) in [5.41, 5.74) is 1.01. The van der Waals surface area contributed by atoms with Crippen LogP contribution in [0.1, 0.15) is 25.8 Å². The molecule has 2 N–H and O–H groups in total. The fourth-order valence-corrected chi connectivity index (χ4v) is 1.43. The van der Waals surface area contributed by atoms with Crippen LogP contribution in [-0.4, -0.2) is 11.2 Å². The van der Waals surface area contributed by atoms with Crippen LogP contribution in [0.15, 0.2) is 24.3 Å². The van der Waals surface area contributed by atoms with Crippen molar-refractivity contribution in [1.29, 1.82) is 0 Å². The van der Waals surface area contributed by atoms with Gasteiger partial charge < -0.3 is 10.6 Å². The topological polar surface area (TPSA) is 24.1 Å². The number of hydrogen-bond acceptors (Lipinski definition) is 1. The molecule has 0 aliphatic rings. The summed E-state index contributed by atoms with van der Waals surface area (Å²) in [7, 11) is 0. The van der Waals surface area contributed by atoms with Crippen molar-refractivity contribution in [3.8, 4) is 0 Å². The zero-order valence-electron chi connectivity index (χ0n) is 9.59. The molecule has 0 spiro atoms. The monoisotopic (exact) mass is 240 g/mol. The van der Waals surface area contributed by atoms with Gasteiger partial charge in [0, 0.05) is 12.6 Å². The number of benzene rings is 1. The van der Waals surface area contributed by atoms with Crippen molar-refractivity contribution in [2.75, 3.05) is 0 Å². The normalized spacial score (nSPS) is 11.9. The highest BCUT2D eigenvalue weighted by atomic mass is 32.1. The van der Waals surface area contributed by atoms with Gasteiger partial charge in [-0.25, -0.2) is 4.39 Å². The lowest BCUT2D eigenvalue weighted by Crippen LogP contribution is -2.39. The SMILES string of the molecule is CCC(C)NC(=S)NCc1ccc(F)cc1. The molecule has 4 heteroatoms. The predicted molar refractivity (Wildman–Crippen MR) is 68.7 cm³/mol. The minimum atomic E-state index is -0.218. The molecule has 0 aromatic heterocycles. The van der Waals surface area contributed by atoms with Gasteiger partial charge in [0.1, 0.15) is 5.82 Å². The van der Waals surface area contributed by atoms with Gasteiger partial charge >= 0.3 is 0 Å². The number of rotatable bonds is 4. The van der Waals surface area contributed by atoms with E-state index in [9.17, 15) is 4.39 Å². The second kappa shape index (κ2) is 6.43. The van der Waals surface area contributed by atoms with E-state index in [4.69, 9.17) is 12.2 Å². The zero-order valence-corrected chi connectivity index (χ0v) is 10.4. The summed E-state index contributed by atoms with van der Waals surface area (Å²) in [6.45, 7) is 4.79. The molecule has 2 nitrogen and oxygen atoms in total. The van der Waals surface area contributed by atoms with Gasteiger partial charge in [0.15, 0.2) is 5.11 Å². The Morgan fingerprint density at radius 2 is 2.00 bits per heavy atom. The molecule has 0 saturated heterocycles. The van der Waals surface area contributed by atoms with E-state index in [0.29, 0.717) is 17.7 Å². The van der Waals surface area contributed by atoms with Gasteiger partial charge in [-0.3, -0.25) is 0 Å². The Bertz CT molecular complexity index is 337. The van der Waals surface area contributed by atoms with E-state index in [-0.39, 0.29) is 5.82 Å². The van der Waals surface area contributed by atoms with Gasteiger partial charge in [-0.2, -0.15) is 0 Å². The first kappa shape index (κ1) is 12.9. The molecule has 1 rings (SSSR count). The number of hydrogen-bond donors (Lipinski definition) is 2. The second-order valence-electron chi connectivity index (χ2n) is 3.76. The van der Waals surface area contributed by atoms with Crippen molar-refractivity contribution < 1.29 is 4.39 Å². The molecule has 0 amide bonds. The Morgan fingerprint density at radius 3 is 2.56 bits per heavy atom. The van der Waals surface area contributed by atoms with Crippen LogP contribution in [0, 0.1) is 5.82 Å². The van der Waals surface area contributed by atoms with Crippen LogP contribution in [-0.2, 0) is 6.54 Å². The standard InChI is InChI=1S/C12H17FN2S/c1-3-9(2)15-12(16)14-8-10-4-6-11(13)7-5-10/h4-7,9H,3,8H2,1-2H3,(H2,14,15,16). The number of thiocarbonyl (C=S) groups is 1. The summed E-state index contributed by atoms with van der Waals surface area (Å²) < 4.78 is 12.6. The summed E-state index contributed by atoms with van der Waals surface area (Å²) in [5.74, 6) is -0.218. The molecule has 0 heterocycles. The first-order valence-electron chi connectivity index (χ1n) is 5.40. The molecule has 1 aromatic rings. The fraction of sp³-hybridized carbons (Fsp3) is 0.417. The molecular weight excluding hydrogens is 223 g/mol. The lowest BCUT2D eigenvalue weighted by atomic mass is 10.2. The maximum atomic E-state index is 12.6. The summed E-state index contributed by atoms with van der Waals surface area (Å²) >= 11 is 5.13. The van der Waals surface area contributed by atoms with Crippen molar-refractivity contribution in [2.24, 2.45) is 0 Å². The van der Waals surface area contributed by atoms with Gasteiger partial charge in [0.25, 0.3) is 0 Å². The van der Waals surface area contributed by atoms with Gasteiger partial charge in [-0.1, -0.05) is 19.1 Å². The van der Waals surface area contributed by atoms with Crippen LogP contribution in [0.4, 0.5) is 4.39 Å². The average Bonchev–Trinajstić information content (AvgIpc) is 2.28. The molecule has 1 atom stereocenters. The third kappa shape index (κ3) is 4.57. The van der Waals surface area contributed by atoms with Crippen LogP contribution in [0.25, 0.3) is 0 Å². The highest BCUT2D eigenvalue weighted by molar-refractivity contribution is 7.80. The maximum absolute atomic E-state index is 12.6. The first-order chi connectivity index (χ1) is 7.61. The minimum Gasteiger partial charge on any atom is -0.360 e. The first-order valence-corrected chi connectivity index (χ1v) is 5.81. The molecule has 0 bridgehead atoms. The van der Waals surface area contributed by atoms with Crippen molar-refractivity contribution in [1.82, 2.24) is 10.6 Å². The minimum absolute atomic E-state index is 0.218. The Kier molecular flexibility index (Phi) is 5.19. The van der Waals surface area contributed by atoms with Gasteiger partial charge in [-0.15, -0.1) is 0 Å². The average molecular weight is 240 g/mol. The lowest BCUT2D eigenvalue weighted by molar-refractivity contribution is 0.625. The third-order valence-electron chi connectivity index (χ3n) is 2.36. The Labute approximate surface area is 101 Å². The highest BCUT2D eigenvalue weighted by Crippen LogP contribution is 2.01. The third-order valence-corrected chi connectivity index (χ3v) is 2.62. The van der Waals surface area contributed by atoms with E-state index in [2.05, 4.69) is 24.5 Å². The highest BCUT2D eigenvalue weighted by Gasteiger charge is 2.01. The Balaban J connectivity index is 2.34. The van der Waals surface area contributed by atoms with Crippen LogP contribution in [0.3, 0.4) is 0 Å². The van der Waals surface area contributed by atoms with E-state index in [1.165, 1.54) is 12.1 Å². The van der Waals surface area contributed by atoms with Gasteiger partial charge in [0.2, 0.25) is 0 Å². The van der Waals surface area contributed by atoms with Crippen LogP contribution >= 0.6 is 12.2 Å². The summed E-state index contributed by atoms with van der Waals surface area (Å²) in [4.78, 5) is 0. The molecule has 0 fully saturated rings. The number of nitrogens with one attached hydrogen (secondary N) is 2. The van der Waals surface area contributed by atoms with E-state index in [1.54, 1.807) is 12.1 Å². The lowest BCUT2D eigenvalue weighted by Gasteiger charge is -2.15.